The van der Waals surface area contributed by atoms with Crippen molar-refractivity contribution in [2.75, 3.05) is 7.11 Å². The Bertz CT molecular complexity index is 1360. The maximum Gasteiger partial charge on any atom is 0.344 e. The first-order chi connectivity index (χ1) is 16.1. The summed E-state index contributed by atoms with van der Waals surface area (Å²) in [6, 6.07) is 25.2. The summed E-state index contributed by atoms with van der Waals surface area (Å²) in [6.07, 6.45) is 1.42. The first-order valence-corrected chi connectivity index (χ1v) is 10.8. The minimum atomic E-state index is -0.476. The van der Waals surface area contributed by atoms with Gasteiger partial charge in [-0.2, -0.15) is 5.10 Å². The summed E-state index contributed by atoms with van der Waals surface area (Å²) in [5.74, 6) is -0.158. The predicted octanol–water partition coefficient (Wildman–Crippen LogP) is 5.59. The maximum atomic E-state index is 12.9. The number of methoxy groups -OCH3 is 1. The molecule has 0 unspecified atom stereocenters. The summed E-state index contributed by atoms with van der Waals surface area (Å²) < 4.78 is 11.6. The van der Waals surface area contributed by atoms with Crippen molar-refractivity contribution in [3.63, 3.8) is 0 Å². The molecular formula is C26H19BrN2O4. The Kier molecular flexibility index (Phi) is 6.80. The smallest absolute Gasteiger partial charge is 0.344 e. The number of fused-ring (bicyclic) bond motifs is 1. The van der Waals surface area contributed by atoms with E-state index in [0.717, 1.165) is 15.2 Å². The summed E-state index contributed by atoms with van der Waals surface area (Å²) in [6.45, 7) is 0. The van der Waals surface area contributed by atoms with Crippen LogP contribution < -0.4 is 14.9 Å². The van der Waals surface area contributed by atoms with Crippen molar-refractivity contribution >= 4 is 44.8 Å². The van der Waals surface area contributed by atoms with Crippen LogP contribution in [0.3, 0.4) is 0 Å². The average molecular weight is 503 g/mol. The van der Waals surface area contributed by atoms with E-state index in [0.29, 0.717) is 28.2 Å². The third kappa shape index (κ3) is 5.10. The highest BCUT2D eigenvalue weighted by molar-refractivity contribution is 9.10. The second-order valence-electron chi connectivity index (χ2n) is 7.00. The normalized spacial score (nSPS) is 10.8. The number of carbonyl (C=O) groups is 2. The molecule has 0 radical (unpaired) electrons. The summed E-state index contributed by atoms with van der Waals surface area (Å²) in [4.78, 5) is 25.4. The van der Waals surface area contributed by atoms with E-state index in [4.69, 9.17) is 9.47 Å². The third-order valence-electron chi connectivity index (χ3n) is 4.91. The van der Waals surface area contributed by atoms with Gasteiger partial charge in [-0.05, 0) is 47.2 Å². The average Bonchev–Trinajstić information content (AvgIpc) is 2.84. The van der Waals surface area contributed by atoms with Crippen LogP contribution in [0.15, 0.2) is 94.5 Å². The van der Waals surface area contributed by atoms with Crippen molar-refractivity contribution < 1.29 is 19.1 Å². The molecule has 4 aromatic carbocycles. The van der Waals surface area contributed by atoms with Crippen molar-refractivity contribution in [2.45, 2.75) is 0 Å². The number of nitrogens with zero attached hydrogens (tertiary/aromatic N) is 1. The van der Waals surface area contributed by atoms with Gasteiger partial charge in [-0.25, -0.2) is 10.2 Å². The van der Waals surface area contributed by atoms with Crippen LogP contribution in [0.5, 0.6) is 11.5 Å². The Morgan fingerprint density at radius 3 is 2.48 bits per heavy atom. The molecule has 0 atom stereocenters. The van der Waals surface area contributed by atoms with Gasteiger partial charge in [0.05, 0.1) is 24.5 Å². The monoisotopic (exact) mass is 502 g/mol. The summed E-state index contributed by atoms with van der Waals surface area (Å²) in [5, 5.41) is 5.79. The molecule has 0 heterocycles. The Balaban J connectivity index is 1.52. The molecule has 7 heteroatoms. The van der Waals surface area contributed by atoms with Crippen molar-refractivity contribution in [2.24, 2.45) is 5.10 Å². The second kappa shape index (κ2) is 10.1. The fraction of sp³-hybridized carbons (Fsp3) is 0.0385. The Hall–Kier alpha value is -3.97. The van der Waals surface area contributed by atoms with Gasteiger partial charge in [0, 0.05) is 10.0 Å². The van der Waals surface area contributed by atoms with Crippen molar-refractivity contribution in [1.82, 2.24) is 5.43 Å². The largest absolute Gasteiger partial charge is 0.496 e. The van der Waals surface area contributed by atoms with E-state index in [1.165, 1.54) is 13.3 Å². The zero-order chi connectivity index (χ0) is 23.2. The lowest BCUT2D eigenvalue weighted by Crippen LogP contribution is -2.18. The molecule has 164 valence electrons. The zero-order valence-electron chi connectivity index (χ0n) is 17.6. The Morgan fingerprint density at radius 2 is 1.64 bits per heavy atom. The van der Waals surface area contributed by atoms with Gasteiger partial charge >= 0.3 is 5.97 Å². The molecule has 33 heavy (non-hydrogen) atoms. The molecule has 1 N–H and O–H groups in total. The van der Waals surface area contributed by atoms with Gasteiger partial charge in [0.2, 0.25) is 0 Å². The topological polar surface area (TPSA) is 77.0 Å². The van der Waals surface area contributed by atoms with Gasteiger partial charge in [-0.3, -0.25) is 4.79 Å². The molecule has 0 saturated heterocycles. The standard InChI is InChI=1S/C26H19BrN2O4/c1-32-24-14-13-19(27)15-22(24)25(30)29-28-16-18-8-3-5-12-23(18)33-26(31)21-11-6-9-17-7-2-4-10-20(17)21/h2-16H,1H3,(H,29,30)/b28-16-. The third-order valence-corrected chi connectivity index (χ3v) is 5.40. The number of hydrazone groups is 1. The fourth-order valence-electron chi connectivity index (χ4n) is 3.32. The molecule has 4 rings (SSSR count). The number of hydrogen-bond acceptors (Lipinski definition) is 5. The molecule has 6 nitrogen and oxygen atoms in total. The van der Waals surface area contributed by atoms with Gasteiger partial charge < -0.3 is 9.47 Å². The number of benzene rings is 4. The van der Waals surface area contributed by atoms with E-state index in [1.807, 2.05) is 36.4 Å². The second-order valence-corrected chi connectivity index (χ2v) is 7.91. The van der Waals surface area contributed by atoms with Crippen molar-refractivity contribution in [3.8, 4) is 11.5 Å². The number of carbonyl (C=O) groups excluding carboxylic acids is 2. The molecule has 0 fully saturated rings. The van der Waals surface area contributed by atoms with Crippen LogP contribution in [-0.4, -0.2) is 25.2 Å². The maximum absolute atomic E-state index is 12.9. The fourth-order valence-corrected chi connectivity index (χ4v) is 3.68. The lowest BCUT2D eigenvalue weighted by molar-refractivity contribution is 0.0736. The number of para-hydroxylation sites is 1. The van der Waals surface area contributed by atoms with E-state index < -0.39 is 11.9 Å². The number of nitrogens with one attached hydrogen (secondary N) is 1. The van der Waals surface area contributed by atoms with E-state index in [2.05, 4.69) is 26.5 Å². The molecule has 0 aliphatic rings. The summed E-state index contributed by atoms with van der Waals surface area (Å²) in [7, 11) is 1.49. The Morgan fingerprint density at radius 1 is 0.879 bits per heavy atom. The van der Waals surface area contributed by atoms with Crippen LogP contribution in [0, 0.1) is 0 Å². The van der Waals surface area contributed by atoms with Crippen LogP contribution in [0.2, 0.25) is 0 Å². The SMILES string of the molecule is COc1ccc(Br)cc1C(=O)N/N=C\c1ccccc1OC(=O)c1cccc2ccccc12. The summed E-state index contributed by atoms with van der Waals surface area (Å²) in [5.41, 5.74) is 3.81. The van der Waals surface area contributed by atoms with Crippen LogP contribution in [-0.2, 0) is 0 Å². The number of halogens is 1. The number of hydrogen-bond donors (Lipinski definition) is 1. The zero-order valence-corrected chi connectivity index (χ0v) is 19.2. The molecule has 0 aromatic heterocycles. The number of rotatable bonds is 6. The number of amides is 1. The molecule has 0 saturated carbocycles. The molecule has 0 bridgehead atoms. The molecule has 1 amide bonds. The highest BCUT2D eigenvalue weighted by atomic mass is 79.9. The first kappa shape index (κ1) is 22.2. The first-order valence-electron chi connectivity index (χ1n) is 10.0. The Labute approximate surface area is 199 Å². The summed E-state index contributed by atoms with van der Waals surface area (Å²) >= 11 is 3.34. The highest BCUT2D eigenvalue weighted by Gasteiger charge is 2.15. The van der Waals surface area contributed by atoms with Crippen molar-refractivity contribution in [3.05, 3.63) is 106 Å². The van der Waals surface area contributed by atoms with Gasteiger partial charge in [-0.15, -0.1) is 0 Å². The van der Waals surface area contributed by atoms with E-state index in [9.17, 15) is 9.59 Å². The number of esters is 1. The predicted molar refractivity (Wildman–Crippen MR) is 131 cm³/mol. The van der Waals surface area contributed by atoms with Crippen molar-refractivity contribution in [1.29, 1.82) is 0 Å². The quantitative estimate of drug-likeness (QED) is 0.161. The number of ether oxygens (including phenoxy) is 2. The van der Waals surface area contributed by atoms with Gasteiger partial charge in [0.25, 0.3) is 5.91 Å². The minimum absolute atomic E-state index is 0.327. The van der Waals surface area contributed by atoms with Crippen LogP contribution >= 0.6 is 15.9 Å². The van der Waals surface area contributed by atoms with Gasteiger partial charge in [0.15, 0.2) is 0 Å². The van der Waals surface area contributed by atoms with E-state index in [1.54, 1.807) is 48.5 Å². The lowest BCUT2D eigenvalue weighted by atomic mass is 10.0. The van der Waals surface area contributed by atoms with Gasteiger partial charge in [-0.1, -0.05) is 64.5 Å². The van der Waals surface area contributed by atoms with E-state index >= 15 is 0 Å². The van der Waals surface area contributed by atoms with Gasteiger partial charge in [0.1, 0.15) is 11.5 Å². The molecule has 0 aliphatic heterocycles. The van der Waals surface area contributed by atoms with Crippen LogP contribution in [0.1, 0.15) is 26.3 Å². The molecular weight excluding hydrogens is 484 g/mol. The van der Waals surface area contributed by atoms with Crippen LogP contribution in [0.4, 0.5) is 0 Å². The molecule has 4 aromatic rings. The minimum Gasteiger partial charge on any atom is -0.496 e. The lowest BCUT2D eigenvalue weighted by Gasteiger charge is -2.09. The molecule has 0 spiro atoms. The van der Waals surface area contributed by atoms with E-state index in [-0.39, 0.29) is 0 Å². The molecule has 0 aliphatic carbocycles. The van der Waals surface area contributed by atoms with Crippen LogP contribution in [0.25, 0.3) is 10.8 Å². The highest BCUT2D eigenvalue weighted by Crippen LogP contribution is 2.24.